The van der Waals surface area contributed by atoms with E-state index < -0.39 is 11.9 Å². The number of alkyl halides is 3. The molecule has 1 aliphatic rings. The van der Waals surface area contributed by atoms with Crippen molar-refractivity contribution in [3.8, 4) is 0 Å². The minimum absolute atomic E-state index is 0. The van der Waals surface area contributed by atoms with Gasteiger partial charge in [0.25, 0.3) is 0 Å². The quantitative estimate of drug-likeness (QED) is 0.328. The van der Waals surface area contributed by atoms with Gasteiger partial charge in [-0.1, -0.05) is 0 Å². The lowest BCUT2D eigenvalue weighted by Crippen LogP contribution is -2.44. The molecule has 1 fully saturated rings. The lowest BCUT2D eigenvalue weighted by Gasteiger charge is -2.34. The molecule has 0 saturated carbocycles. The lowest BCUT2D eigenvalue weighted by molar-refractivity contribution is -0.140. The van der Waals surface area contributed by atoms with Crippen LogP contribution in [0.15, 0.2) is 10.4 Å². The summed E-state index contributed by atoms with van der Waals surface area (Å²) in [4.78, 5) is 8.20. The number of hydrogen-bond acceptors (Lipinski definition) is 5. The van der Waals surface area contributed by atoms with Crippen LogP contribution in [0, 0.1) is 0 Å². The highest BCUT2D eigenvalue weighted by Crippen LogP contribution is 2.30. The van der Waals surface area contributed by atoms with Crippen molar-refractivity contribution in [2.75, 3.05) is 40.0 Å². The van der Waals surface area contributed by atoms with Crippen LogP contribution in [0.5, 0.6) is 0 Å². The van der Waals surface area contributed by atoms with Gasteiger partial charge < -0.3 is 20.1 Å². The molecule has 2 heterocycles. The number of rotatable bonds is 7. The SMILES string of the molecule is CCNC(=NCC1(OC)CCOCC1)NCCc1nc(C(F)(F)F)cs1.I. The van der Waals surface area contributed by atoms with Crippen molar-refractivity contribution in [1.29, 1.82) is 0 Å². The summed E-state index contributed by atoms with van der Waals surface area (Å²) >= 11 is 1.02. The molecule has 1 aliphatic heterocycles. The van der Waals surface area contributed by atoms with E-state index in [4.69, 9.17) is 9.47 Å². The Morgan fingerprint density at radius 3 is 2.63 bits per heavy atom. The smallest absolute Gasteiger partial charge is 0.381 e. The van der Waals surface area contributed by atoms with Crippen molar-refractivity contribution in [2.24, 2.45) is 4.99 Å². The standard InChI is InChI=1S/C16H25F3N4O2S.HI/c1-3-20-14(22-11-15(24-2)5-8-25-9-6-15)21-7-4-13-23-12(10-26-13)16(17,18)19;/h10H,3-9,11H2,1-2H3,(H2,20,21,22);1H. The molecule has 2 rings (SSSR count). The molecule has 0 unspecified atom stereocenters. The lowest BCUT2D eigenvalue weighted by atomic mass is 9.94. The Hall–Kier alpha value is -0.660. The molecule has 0 atom stereocenters. The molecule has 11 heteroatoms. The van der Waals surface area contributed by atoms with E-state index in [1.807, 2.05) is 6.92 Å². The van der Waals surface area contributed by atoms with Crippen molar-refractivity contribution in [3.63, 3.8) is 0 Å². The van der Waals surface area contributed by atoms with Crippen molar-refractivity contribution < 1.29 is 22.6 Å². The zero-order valence-corrected chi connectivity index (χ0v) is 18.5. The number of nitrogens with zero attached hydrogens (tertiary/aromatic N) is 2. The van der Waals surface area contributed by atoms with E-state index >= 15 is 0 Å². The van der Waals surface area contributed by atoms with Gasteiger partial charge >= 0.3 is 6.18 Å². The van der Waals surface area contributed by atoms with Gasteiger partial charge in [0.15, 0.2) is 11.7 Å². The number of halogens is 4. The Labute approximate surface area is 178 Å². The average Bonchev–Trinajstić information content (AvgIpc) is 3.10. The summed E-state index contributed by atoms with van der Waals surface area (Å²) in [6, 6.07) is 0. The molecule has 0 spiro atoms. The zero-order valence-electron chi connectivity index (χ0n) is 15.4. The first-order valence-electron chi connectivity index (χ1n) is 8.55. The van der Waals surface area contributed by atoms with Crippen LogP contribution in [0.2, 0.25) is 0 Å². The number of guanidine groups is 1. The molecule has 6 nitrogen and oxygen atoms in total. The summed E-state index contributed by atoms with van der Waals surface area (Å²) in [5, 5.41) is 7.76. The van der Waals surface area contributed by atoms with Crippen LogP contribution in [-0.2, 0) is 22.1 Å². The molecule has 1 aromatic rings. The third kappa shape index (κ3) is 7.70. The fourth-order valence-corrected chi connectivity index (χ4v) is 3.38. The maximum absolute atomic E-state index is 12.6. The first-order chi connectivity index (χ1) is 12.4. The van der Waals surface area contributed by atoms with Crippen LogP contribution in [0.4, 0.5) is 13.2 Å². The number of methoxy groups -OCH3 is 1. The monoisotopic (exact) mass is 522 g/mol. The molecular formula is C16H26F3IN4O2S. The molecule has 0 amide bonds. The van der Waals surface area contributed by atoms with Crippen molar-refractivity contribution in [3.05, 3.63) is 16.1 Å². The number of hydrogen-bond donors (Lipinski definition) is 2. The molecule has 0 bridgehead atoms. The van der Waals surface area contributed by atoms with Gasteiger partial charge in [-0.2, -0.15) is 13.2 Å². The fourth-order valence-electron chi connectivity index (χ4n) is 2.58. The summed E-state index contributed by atoms with van der Waals surface area (Å²) in [7, 11) is 1.68. The van der Waals surface area contributed by atoms with Crippen LogP contribution in [0.25, 0.3) is 0 Å². The molecule has 0 aliphatic carbocycles. The second kappa shape index (κ2) is 11.4. The first kappa shape index (κ1) is 24.4. The van der Waals surface area contributed by atoms with Crippen LogP contribution in [0.3, 0.4) is 0 Å². The van der Waals surface area contributed by atoms with Gasteiger partial charge in [-0.15, -0.1) is 35.3 Å². The molecule has 2 N–H and O–H groups in total. The summed E-state index contributed by atoms with van der Waals surface area (Å²) in [6.45, 7) is 4.88. The van der Waals surface area contributed by atoms with Crippen LogP contribution < -0.4 is 10.6 Å². The third-order valence-corrected chi connectivity index (χ3v) is 5.09. The number of aliphatic imine (C=N–C) groups is 1. The van der Waals surface area contributed by atoms with E-state index in [9.17, 15) is 13.2 Å². The Bertz CT molecular complexity index is 592. The Morgan fingerprint density at radius 1 is 1.37 bits per heavy atom. The highest BCUT2D eigenvalue weighted by atomic mass is 127. The Balaban J connectivity index is 0.00000364. The Kier molecular flexibility index (Phi) is 10.3. The van der Waals surface area contributed by atoms with Crippen molar-refractivity contribution in [2.45, 2.75) is 38.0 Å². The number of thiazole rings is 1. The van der Waals surface area contributed by atoms with E-state index in [1.165, 1.54) is 0 Å². The van der Waals surface area contributed by atoms with E-state index in [1.54, 1.807) is 7.11 Å². The number of nitrogens with one attached hydrogen (secondary N) is 2. The molecule has 0 radical (unpaired) electrons. The maximum Gasteiger partial charge on any atom is 0.434 e. The van der Waals surface area contributed by atoms with Crippen LogP contribution in [0.1, 0.15) is 30.5 Å². The third-order valence-electron chi connectivity index (χ3n) is 4.18. The van der Waals surface area contributed by atoms with Gasteiger partial charge in [0.05, 0.1) is 17.2 Å². The largest absolute Gasteiger partial charge is 0.434 e. The van der Waals surface area contributed by atoms with Gasteiger partial charge in [0, 0.05) is 58.1 Å². The normalized spacial score (nSPS) is 17.3. The number of ether oxygens (including phenoxy) is 2. The van der Waals surface area contributed by atoms with E-state index in [0.717, 1.165) is 29.6 Å². The summed E-state index contributed by atoms with van der Waals surface area (Å²) in [5.74, 6) is 0.614. The fraction of sp³-hybridized carbons (Fsp3) is 0.750. The molecule has 0 aromatic carbocycles. The van der Waals surface area contributed by atoms with Gasteiger partial charge in [0.2, 0.25) is 0 Å². The van der Waals surface area contributed by atoms with E-state index in [-0.39, 0.29) is 29.6 Å². The topological polar surface area (TPSA) is 67.8 Å². The molecule has 156 valence electrons. The molecule has 1 saturated heterocycles. The van der Waals surface area contributed by atoms with E-state index in [0.29, 0.717) is 50.2 Å². The molecule has 27 heavy (non-hydrogen) atoms. The summed E-state index contributed by atoms with van der Waals surface area (Å²) in [5.41, 5.74) is -1.16. The van der Waals surface area contributed by atoms with Gasteiger partial charge in [0.1, 0.15) is 0 Å². The highest BCUT2D eigenvalue weighted by Gasteiger charge is 2.34. The van der Waals surface area contributed by atoms with Gasteiger partial charge in [-0.3, -0.25) is 4.99 Å². The molecule has 1 aromatic heterocycles. The average molecular weight is 522 g/mol. The minimum Gasteiger partial charge on any atom is -0.381 e. The highest BCUT2D eigenvalue weighted by molar-refractivity contribution is 14.0. The minimum atomic E-state index is -4.39. The maximum atomic E-state index is 12.6. The van der Waals surface area contributed by atoms with Crippen molar-refractivity contribution in [1.82, 2.24) is 15.6 Å². The van der Waals surface area contributed by atoms with Crippen LogP contribution in [-0.4, -0.2) is 56.5 Å². The number of aromatic nitrogens is 1. The van der Waals surface area contributed by atoms with Crippen molar-refractivity contribution >= 4 is 41.3 Å². The molecular weight excluding hydrogens is 496 g/mol. The predicted octanol–water partition coefficient (Wildman–Crippen LogP) is 3.07. The van der Waals surface area contributed by atoms with Gasteiger partial charge in [-0.05, 0) is 6.92 Å². The first-order valence-corrected chi connectivity index (χ1v) is 9.43. The summed E-state index contributed by atoms with van der Waals surface area (Å²) < 4.78 is 48.8. The second-order valence-electron chi connectivity index (χ2n) is 6.00. The summed E-state index contributed by atoms with van der Waals surface area (Å²) in [6.07, 6.45) is -2.43. The van der Waals surface area contributed by atoms with E-state index in [2.05, 4.69) is 20.6 Å². The van der Waals surface area contributed by atoms with Crippen LogP contribution >= 0.6 is 35.3 Å². The zero-order chi connectivity index (χ0) is 19.0. The Morgan fingerprint density at radius 2 is 2.07 bits per heavy atom. The predicted molar refractivity (Wildman–Crippen MR) is 110 cm³/mol. The van der Waals surface area contributed by atoms with Gasteiger partial charge in [-0.25, -0.2) is 4.98 Å². The second-order valence-corrected chi connectivity index (χ2v) is 6.94.